The van der Waals surface area contributed by atoms with E-state index < -0.39 is 5.92 Å². The molecule has 0 aliphatic heterocycles. The predicted molar refractivity (Wildman–Crippen MR) is 168 cm³/mol. The van der Waals surface area contributed by atoms with Crippen molar-refractivity contribution in [2.24, 2.45) is 0 Å². The summed E-state index contributed by atoms with van der Waals surface area (Å²) in [6, 6.07) is 41.0. The highest BCUT2D eigenvalue weighted by atomic mass is 16.2. The molecule has 6 nitrogen and oxygen atoms in total. The van der Waals surface area contributed by atoms with Gasteiger partial charge in [0, 0.05) is 18.2 Å². The fourth-order valence-electron chi connectivity index (χ4n) is 5.11. The molecule has 0 bridgehead atoms. The Labute approximate surface area is 247 Å². The van der Waals surface area contributed by atoms with Crippen molar-refractivity contribution >= 4 is 17.6 Å². The Balaban J connectivity index is 1.43. The van der Waals surface area contributed by atoms with Gasteiger partial charge in [-0.2, -0.15) is 5.10 Å². The fourth-order valence-corrected chi connectivity index (χ4v) is 5.11. The zero-order valence-electron chi connectivity index (χ0n) is 23.9. The highest BCUT2D eigenvalue weighted by Crippen LogP contribution is 2.28. The molecular weight excluding hydrogens is 520 g/mol. The molecule has 4 aromatic carbocycles. The van der Waals surface area contributed by atoms with E-state index in [0.717, 1.165) is 47.3 Å². The van der Waals surface area contributed by atoms with Gasteiger partial charge in [-0.1, -0.05) is 129 Å². The van der Waals surface area contributed by atoms with Crippen LogP contribution in [0.3, 0.4) is 0 Å². The van der Waals surface area contributed by atoms with E-state index in [1.165, 1.54) is 0 Å². The molecule has 6 heteroatoms. The van der Waals surface area contributed by atoms with Crippen LogP contribution in [-0.4, -0.2) is 39.6 Å². The maximum atomic E-state index is 14.2. The zero-order valence-corrected chi connectivity index (χ0v) is 23.9. The van der Waals surface area contributed by atoms with Gasteiger partial charge in [-0.15, -0.1) is 0 Å². The van der Waals surface area contributed by atoms with Crippen molar-refractivity contribution in [2.45, 2.75) is 32.1 Å². The lowest BCUT2D eigenvalue weighted by Gasteiger charge is -2.28. The molecule has 0 atom stereocenters. The van der Waals surface area contributed by atoms with Gasteiger partial charge in [0.05, 0.1) is 23.8 Å². The summed E-state index contributed by atoms with van der Waals surface area (Å²) >= 11 is 0. The van der Waals surface area contributed by atoms with Crippen molar-refractivity contribution in [3.63, 3.8) is 0 Å². The summed E-state index contributed by atoms with van der Waals surface area (Å²) in [5, 5.41) is 7.87. The van der Waals surface area contributed by atoms with Crippen LogP contribution >= 0.6 is 0 Å². The van der Waals surface area contributed by atoms with Gasteiger partial charge >= 0.3 is 0 Å². The van der Waals surface area contributed by atoms with Crippen LogP contribution < -0.4 is 5.32 Å². The topological polar surface area (TPSA) is 67.2 Å². The SMILES string of the molecule is CCCCCN(CC(=O)Nc1cc(-c2ccccc2)nn1-c1ccccc1)C(=O)C(c1ccccc1)c1ccccc1. The number of amides is 2. The lowest BCUT2D eigenvalue weighted by atomic mass is 9.90. The number of benzene rings is 4. The molecule has 42 heavy (non-hydrogen) atoms. The van der Waals surface area contributed by atoms with Crippen LogP contribution in [0.5, 0.6) is 0 Å². The maximum Gasteiger partial charge on any atom is 0.245 e. The largest absolute Gasteiger partial charge is 0.333 e. The highest BCUT2D eigenvalue weighted by molar-refractivity contribution is 5.96. The number of rotatable bonds is 12. The molecule has 0 unspecified atom stereocenters. The van der Waals surface area contributed by atoms with Crippen molar-refractivity contribution in [2.75, 3.05) is 18.4 Å². The molecule has 1 N–H and O–H groups in total. The molecule has 0 radical (unpaired) electrons. The van der Waals surface area contributed by atoms with Crippen LogP contribution in [-0.2, 0) is 9.59 Å². The molecule has 5 aromatic rings. The Morgan fingerprint density at radius 1 is 0.762 bits per heavy atom. The van der Waals surface area contributed by atoms with Crippen LogP contribution in [0.4, 0.5) is 5.82 Å². The lowest BCUT2D eigenvalue weighted by Crippen LogP contribution is -2.41. The third-order valence-electron chi connectivity index (χ3n) is 7.24. The summed E-state index contributed by atoms with van der Waals surface area (Å²) in [6.07, 6.45) is 2.83. The first kappa shape index (κ1) is 28.6. The highest BCUT2D eigenvalue weighted by Gasteiger charge is 2.29. The molecule has 0 aliphatic rings. The number of nitrogens with zero attached hydrogens (tertiary/aromatic N) is 3. The summed E-state index contributed by atoms with van der Waals surface area (Å²) in [7, 11) is 0. The molecule has 2 amide bonds. The molecular formula is C36H36N4O2. The van der Waals surface area contributed by atoms with Gasteiger partial charge in [0.2, 0.25) is 11.8 Å². The van der Waals surface area contributed by atoms with Gasteiger partial charge in [-0.3, -0.25) is 9.59 Å². The summed E-state index contributed by atoms with van der Waals surface area (Å²) in [5.74, 6) is -0.299. The Hall–Kier alpha value is -4.97. The van der Waals surface area contributed by atoms with Crippen molar-refractivity contribution in [3.8, 4) is 16.9 Å². The van der Waals surface area contributed by atoms with Gasteiger partial charge in [-0.05, 0) is 29.7 Å². The van der Waals surface area contributed by atoms with E-state index in [1.54, 1.807) is 9.58 Å². The van der Waals surface area contributed by atoms with E-state index in [9.17, 15) is 9.59 Å². The molecule has 0 saturated heterocycles. The molecule has 0 fully saturated rings. The predicted octanol–water partition coefficient (Wildman–Crippen LogP) is 7.33. The minimum absolute atomic E-state index is 0.0562. The van der Waals surface area contributed by atoms with Crippen LogP contribution in [0.1, 0.15) is 43.2 Å². The molecule has 0 saturated carbocycles. The smallest absolute Gasteiger partial charge is 0.245 e. The number of carbonyl (C=O) groups excluding carboxylic acids is 2. The van der Waals surface area contributed by atoms with Gasteiger partial charge in [0.1, 0.15) is 5.82 Å². The number of para-hydroxylation sites is 1. The molecule has 1 heterocycles. The quantitative estimate of drug-likeness (QED) is 0.164. The molecule has 212 valence electrons. The number of unbranched alkanes of at least 4 members (excludes halogenated alkanes) is 2. The molecule has 5 rings (SSSR count). The first-order chi connectivity index (χ1) is 20.6. The second-order valence-corrected chi connectivity index (χ2v) is 10.3. The lowest BCUT2D eigenvalue weighted by molar-refractivity contribution is -0.135. The van der Waals surface area contributed by atoms with Gasteiger partial charge in [-0.25, -0.2) is 4.68 Å². The maximum absolute atomic E-state index is 14.2. The van der Waals surface area contributed by atoms with Crippen LogP contribution in [0.15, 0.2) is 127 Å². The fraction of sp³-hybridized carbons (Fsp3) is 0.194. The summed E-state index contributed by atoms with van der Waals surface area (Å²) in [5.41, 5.74) is 4.35. The summed E-state index contributed by atoms with van der Waals surface area (Å²) in [4.78, 5) is 29.6. The Kier molecular flexibility index (Phi) is 9.57. The van der Waals surface area contributed by atoms with E-state index >= 15 is 0 Å². The van der Waals surface area contributed by atoms with Crippen LogP contribution in [0, 0.1) is 0 Å². The van der Waals surface area contributed by atoms with Crippen molar-refractivity contribution in [1.82, 2.24) is 14.7 Å². The van der Waals surface area contributed by atoms with Crippen molar-refractivity contribution < 1.29 is 9.59 Å². The standard InChI is InChI=1S/C36H36N4O2/c1-2-3-16-25-39(36(42)35(29-19-10-5-11-20-29)30-21-12-6-13-22-30)27-34(41)37-33-26-32(28-17-8-4-9-18-28)38-40(33)31-23-14-7-15-24-31/h4-15,17-24,26,35H,2-3,16,25,27H2,1H3,(H,37,41). The van der Waals surface area contributed by atoms with Crippen LogP contribution in [0.25, 0.3) is 16.9 Å². The van der Waals surface area contributed by atoms with E-state index in [-0.39, 0.29) is 18.4 Å². The monoisotopic (exact) mass is 556 g/mol. The van der Waals surface area contributed by atoms with Gasteiger partial charge in [0.15, 0.2) is 0 Å². The first-order valence-corrected chi connectivity index (χ1v) is 14.5. The molecule has 0 spiro atoms. The number of carbonyl (C=O) groups is 2. The number of hydrogen-bond donors (Lipinski definition) is 1. The van der Waals surface area contributed by atoms with Gasteiger partial charge < -0.3 is 10.2 Å². The van der Waals surface area contributed by atoms with E-state index in [4.69, 9.17) is 5.10 Å². The molecule has 1 aromatic heterocycles. The van der Waals surface area contributed by atoms with Crippen LogP contribution in [0.2, 0.25) is 0 Å². The van der Waals surface area contributed by atoms with Crippen molar-refractivity contribution in [1.29, 1.82) is 0 Å². The minimum Gasteiger partial charge on any atom is -0.333 e. The number of aromatic nitrogens is 2. The van der Waals surface area contributed by atoms with E-state index in [1.807, 2.05) is 127 Å². The second kappa shape index (κ2) is 14.1. The Morgan fingerprint density at radius 2 is 1.31 bits per heavy atom. The second-order valence-electron chi connectivity index (χ2n) is 10.3. The normalized spacial score (nSPS) is 10.9. The third-order valence-corrected chi connectivity index (χ3v) is 7.24. The zero-order chi connectivity index (χ0) is 29.1. The minimum atomic E-state index is -0.499. The van der Waals surface area contributed by atoms with Gasteiger partial charge in [0.25, 0.3) is 0 Å². The van der Waals surface area contributed by atoms with E-state index in [0.29, 0.717) is 12.4 Å². The average Bonchev–Trinajstić information content (AvgIpc) is 3.46. The Bertz CT molecular complexity index is 1530. The third kappa shape index (κ3) is 7.02. The van der Waals surface area contributed by atoms with Crippen molar-refractivity contribution in [3.05, 3.63) is 139 Å². The average molecular weight is 557 g/mol. The first-order valence-electron chi connectivity index (χ1n) is 14.5. The molecule has 0 aliphatic carbocycles. The van der Waals surface area contributed by atoms with E-state index in [2.05, 4.69) is 12.2 Å². The number of nitrogens with one attached hydrogen (secondary N) is 1. The summed E-state index contributed by atoms with van der Waals surface area (Å²) in [6.45, 7) is 2.58. The number of anilines is 1. The number of hydrogen-bond acceptors (Lipinski definition) is 3. The Morgan fingerprint density at radius 3 is 1.88 bits per heavy atom. The summed E-state index contributed by atoms with van der Waals surface area (Å²) < 4.78 is 1.74.